The molecule has 0 fully saturated rings. The van der Waals surface area contributed by atoms with E-state index in [0.717, 1.165) is 5.56 Å². The second-order valence-electron chi connectivity index (χ2n) is 4.21. The summed E-state index contributed by atoms with van der Waals surface area (Å²) in [6, 6.07) is 15.0. The summed E-state index contributed by atoms with van der Waals surface area (Å²) in [6.45, 7) is 0. The number of ether oxygens (including phenoxy) is 1. The molecular formula is C16H10N2O3. The van der Waals surface area contributed by atoms with Crippen LogP contribution in [0.4, 0.5) is 0 Å². The van der Waals surface area contributed by atoms with Crippen LogP contribution in [0.2, 0.25) is 0 Å². The zero-order valence-corrected chi connectivity index (χ0v) is 10.9. The van der Waals surface area contributed by atoms with Gasteiger partial charge in [-0.1, -0.05) is 12.1 Å². The molecule has 0 saturated carbocycles. The lowest BCUT2D eigenvalue weighted by molar-refractivity contribution is 0.0697. The van der Waals surface area contributed by atoms with Crippen LogP contribution in [0.1, 0.15) is 21.5 Å². The molecule has 0 bridgehead atoms. The Morgan fingerprint density at radius 3 is 2.43 bits per heavy atom. The highest BCUT2D eigenvalue weighted by molar-refractivity contribution is 5.88. The lowest BCUT2D eigenvalue weighted by Gasteiger charge is -2.08. The predicted octanol–water partition coefficient (Wildman–Crippen LogP) is 3.11. The van der Waals surface area contributed by atoms with Crippen molar-refractivity contribution in [2.75, 3.05) is 0 Å². The average molecular weight is 278 g/mol. The van der Waals surface area contributed by atoms with Crippen molar-refractivity contribution in [1.29, 1.82) is 10.5 Å². The second kappa shape index (κ2) is 6.23. The van der Waals surface area contributed by atoms with Gasteiger partial charge in [-0.25, -0.2) is 4.79 Å². The number of nitriles is 2. The molecule has 0 aliphatic carbocycles. The van der Waals surface area contributed by atoms with Crippen molar-refractivity contribution >= 4 is 5.97 Å². The molecule has 0 aliphatic heterocycles. The largest absolute Gasteiger partial charge is 0.478 e. The molecule has 1 N–H and O–H groups in total. The zero-order valence-electron chi connectivity index (χ0n) is 10.9. The van der Waals surface area contributed by atoms with Gasteiger partial charge in [0.15, 0.2) is 0 Å². The van der Waals surface area contributed by atoms with E-state index in [1.165, 1.54) is 18.2 Å². The van der Waals surface area contributed by atoms with Gasteiger partial charge < -0.3 is 9.84 Å². The van der Waals surface area contributed by atoms with Crippen molar-refractivity contribution in [3.05, 3.63) is 59.2 Å². The highest BCUT2D eigenvalue weighted by Crippen LogP contribution is 2.26. The standard InChI is InChI=1S/C16H10N2O3/c17-8-7-11-1-4-14(5-2-11)21-15-6-3-12(16(19)20)9-13(15)10-18/h1-6,9H,7H2,(H,19,20). The van der Waals surface area contributed by atoms with Gasteiger partial charge in [-0.3, -0.25) is 0 Å². The SMILES string of the molecule is N#CCc1ccc(Oc2ccc(C(=O)O)cc2C#N)cc1. The van der Waals surface area contributed by atoms with E-state index in [1.54, 1.807) is 24.3 Å². The van der Waals surface area contributed by atoms with Crippen LogP contribution in [0.5, 0.6) is 11.5 Å². The summed E-state index contributed by atoms with van der Waals surface area (Å²) >= 11 is 0. The quantitative estimate of drug-likeness (QED) is 0.927. The molecule has 0 amide bonds. The second-order valence-corrected chi connectivity index (χ2v) is 4.21. The smallest absolute Gasteiger partial charge is 0.335 e. The molecule has 2 aromatic rings. The number of carboxylic acids is 1. The highest BCUT2D eigenvalue weighted by atomic mass is 16.5. The molecule has 0 atom stereocenters. The summed E-state index contributed by atoms with van der Waals surface area (Å²) in [4.78, 5) is 10.9. The summed E-state index contributed by atoms with van der Waals surface area (Å²) in [5, 5.41) is 26.5. The number of nitrogens with zero attached hydrogens (tertiary/aromatic N) is 2. The molecule has 0 radical (unpaired) electrons. The number of aromatic carboxylic acids is 1. The van der Waals surface area contributed by atoms with E-state index >= 15 is 0 Å². The van der Waals surface area contributed by atoms with Crippen LogP contribution in [-0.4, -0.2) is 11.1 Å². The van der Waals surface area contributed by atoms with Crippen LogP contribution in [0.3, 0.4) is 0 Å². The third-order valence-electron chi connectivity index (χ3n) is 2.78. The van der Waals surface area contributed by atoms with Crippen LogP contribution >= 0.6 is 0 Å². The third kappa shape index (κ3) is 3.37. The van der Waals surface area contributed by atoms with Gasteiger partial charge in [0.1, 0.15) is 17.6 Å². The van der Waals surface area contributed by atoms with Crippen LogP contribution in [-0.2, 0) is 6.42 Å². The average Bonchev–Trinajstić information content (AvgIpc) is 2.49. The maximum atomic E-state index is 10.9. The van der Waals surface area contributed by atoms with Crippen LogP contribution in [0.25, 0.3) is 0 Å². The molecule has 0 aromatic heterocycles. The lowest BCUT2D eigenvalue weighted by Crippen LogP contribution is -1.98. The molecule has 2 rings (SSSR count). The van der Waals surface area contributed by atoms with E-state index in [0.29, 0.717) is 12.2 Å². The molecule has 0 spiro atoms. The number of benzene rings is 2. The van der Waals surface area contributed by atoms with E-state index < -0.39 is 5.97 Å². The third-order valence-corrected chi connectivity index (χ3v) is 2.78. The van der Waals surface area contributed by atoms with Crippen molar-refractivity contribution in [1.82, 2.24) is 0 Å². The number of rotatable bonds is 4. The molecule has 0 saturated heterocycles. The maximum Gasteiger partial charge on any atom is 0.335 e. The Balaban J connectivity index is 2.25. The highest BCUT2D eigenvalue weighted by Gasteiger charge is 2.10. The molecule has 2 aromatic carbocycles. The van der Waals surface area contributed by atoms with Crippen molar-refractivity contribution in [3.63, 3.8) is 0 Å². The van der Waals surface area contributed by atoms with Crippen molar-refractivity contribution < 1.29 is 14.6 Å². The first-order valence-corrected chi connectivity index (χ1v) is 6.05. The fourth-order valence-corrected chi connectivity index (χ4v) is 1.73. The molecule has 0 heterocycles. The van der Waals surface area contributed by atoms with Gasteiger partial charge in [-0.05, 0) is 35.9 Å². The van der Waals surface area contributed by atoms with E-state index in [4.69, 9.17) is 20.4 Å². The van der Waals surface area contributed by atoms with Gasteiger partial charge in [0.05, 0.1) is 23.6 Å². The molecular weight excluding hydrogens is 268 g/mol. The fraction of sp³-hybridized carbons (Fsp3) is 0.0625. The lowest BCUT2D eigenvalue weighted by atomic mass is 10.1. The zero-order chi connectivity index (χ0) is 15.2. The minimum Gasteiger partial charge on any atom is -0.478 e. The van der Waals surface area contributed by atoms with E-state index in [2.05, 4.69) is 0 Å². The first kappa shape index (κ1) is 14.1. The van der Waals surface area contributed by atoms with E-state index in [9.17, 15) is 4.79 Å². The minimum atomic E-state index is -1.10. The number of carbonyl (C=O) groups is 1. The molecule has 0 unspecified atom stereocenters. The summed E-state index contributed by atoms with van der Waals surface area (Å²) < 4.78 is 5.57. The Hall–Kier alpha value is -3.31. The summed E-state index contributed by atoms with van der Waals surface area (Å²) in [5.41, 5.74) is 1.05. The van der Waals surface area contributed by atoms with Crippen molar-refractivity contribution in [3.8, 4) is 23.6 Å². The van der Waals surface area contributed by atoms with Gasteiger partial charge in [-0.2, -0.15) is 10.5 Å². The van der Waals surface area contributed by atoms with Crippen LogP contribution < -0.4 is 4.74 Å². The summed E-state index contributed by atoms with van der Waals surface area (Å²) in [6.07, 6.45) is 0.317. The Morgan fingerprint density at radius 2 is 1.86 bits per heavy atom. The Kier molecular flexibility index (Phi) is 4.18. The van der Waals surface area contributed by atoms with Gasteiger partial charge in [0, 0.05) is 0 Å². The van der Waals surface area contributed by atoms with Gasteiger partial charge in [-0.15, -0.1) is 0 Å². The molecule has 0 aliphatic rings. The minimum absolute atomic E-state index is 0.0308. The molecule has 102 valence electrons. The molecule has 21 heavy (non-hydrogen) atoms. The number of carboxylic acid groups (broad SMARTS) is 1. The number of hydrogen-bond acceptors (Lipinski definition) is 4. The summed E-state index contributed by atoms with van der Waals surface area (Å²) in [5.74, 6) is -0.300. The summed E-state index contributed by atoms with van der Waals surface area (Å²) in [7, 11) is 0. The van der Waals surface area contributed by atoms with Crippen LogP contribution in [0, 0.1) is 22.7 Å². The van der Waals surface area contributed by atoms with E-state index in [-0.39, 0.29) is 16.9 Å². The van der Waals surface area contributed by atoms with Gasteiger partial charge in [0.2, 0.25) is 0 Å². The Bertz CT molecular complexity index is 753. The number of hydrogen-bond donors (Lipinski definition) is 1. The monoisotopic (exact) mass is 278 g/mol. The van der Waals surface area contributed by atoms with Crippen molar-refractivity contribution in [2.45, 2.75) is 6.42 Å². The van der Waals surface area contributed by atoms with Gasteiger partial charge >= 0.3 is 5.97 Å². The maximum absolute atomic E-state index is 10.9. The first-order valence-electron chi connectivity index (χ1n) is 6.05. The van der Waals surface area contributed by atoms with Crippen molar-refractivity contribution in [2.24, 2.45) is 0 Å². The van der Waals surface area contributed by atoms with Gasteiger partial charge in [0.25, 0.3) is 0 Å². The first-order chi connectivity index (χ1) is 10.1. The molecule has 5 nitrogen and oxygen atoms in total. The topological polar surface area (TPSA) is 94.1 Å². The van der Waals surface area contributed by atoms with Crippen LogP contribution in [0.15, 0.2) is 42.5 Å². The predicted molar refractivity (Wildman–Crippen MR) is 73.9 cm³/mol. The Morgan fingerprint density at radius 1 is 1.14 bits per heavy atom. The normalized spacial score (nSPS) is 9.43. The molecule has 5 heteroatoms. The fourth-order valence-electron chi connectivity index (χ4n) is 1.73. The Labute approximate surface area is 121 Å². The van der Waals surface area contributed by atoms with E-state index in [1.807, 2.05) is 12.1 Å².